The van der Waals surface area contributed by atoms with Gasteiger partial charge in [-0.1, -0.05) is 24.3 Å². The molecule has 0 unspecified atom stereocenters. The van der Waals surface area contributed by atoms with Crippen molar-refractivity contribution >= 4 is 23.2 Å². The van der Waals surface area contributed by atoms with Gasteiger partial charge in [-0.3, -0.25) is 14.4 Å². The summed E-state index contributed by atoms with van der Waals surface area (Å²) in [5.41, 5.74) is 2.12. The van der Waals surface area contributed by atoms with E-state index in [1.165, 1.54) is 4.68 Å². The van der Waals surface area contributed by atoms with Gasteiger partial charge in [0.05, 0.1) is 23.4 Å². The molecule has 0 bridgehead atoms. The molecule has 1 saturated heterocycles. The molecule has 2 amide bonds. The van der Waals surface area contributed by atoms with Crippen LogP contribution in [0.5, 0.6) is 0 Å². The van der Waals surface area contributed by atoms with Gasteiger partial charge >= 0.3 is 0 Å². The van der Waals surface area contributed by atoms with Crippen LogP contribution in [0, 0.1) is 0 Å². The molecule has 0 radical (unpaired) electrons. The predicted molar refractivity (Wildman–Crippen MR) is 118 cm³/mol. The summed E-state index contributed by atoms with van der Waals surface area (Å²) >= 11 is 1.58. The summed E-state index contributed by atoms with van der Waals surface area (Å²) < 4.78 is 1.53. The number of hydrogen-bond acceptors (Lipinski definition) is 5. The summed E-state index contributed by atoms with van der Waals surface area (Å²) in [6, 6.07) is 14.2. The number of piperidine rings is 1. The third-order valence-corrected chi connectivity index (χ3v) is 6.85. The molecule has 158 valence electrons. The van der Waals surface area contributed by atoms with Gasteiger partial charge in [0, 0.05) is 24.7 Å². The van der Waals surface area contributed by atoms with E-state index in [1.807, 2.05) is 35.7 Å². The molecule has 3 aromatic rings. The molecular formula is C23H22N4O3S. The summed E-state index contributed by atoms with van der Waals surface area (Å²) in [7, 11) is 0. The fraction of sp³-hybridized carbons (Fsp3) is 0.304. The first-order valence-corrected chi connectivity index (χ1v) is 11.3. The fourth-order valence-corrected chi connectivity index (χ4v) is 5.10. The van der Waals surface area contributed by atoms with Crippen LogP contribution in [0.1, 0.15) is 47.3 Å². The largest absolute Gasteiger partial charge is 0.345 e. The molecule has 7 nitrogen and oxygen atoms in total. The smallest absolute Gasteiger partial charge is 0.267 e. The van der Waals surface area contributed by atoms with Gasteiger partial charge in [-0.05, 0) is 42.0 Å². The molecule has 2 aliphatic rings. The van der Waals surface area contributed by atoms with Crippen molar-refractivity contribution in [1.29, 1.82) is 0 Å². The lowest BCUT2D eigenvalue weighted by Crippen LogP contribution is -2.44. The van der Waals surface area contributed by atoms with Crippen molar-refractivity contribution in [2.75, 3.05) is 13.1 Å². The van der Waals surface area contributed by atoms with Crippen LogP contribution in [0.15, 0.2) is 58.7 Å². The highest BCUT2D eigenvalue weighted by Gasteiger charge is 2.33. The number of likely N-dealkylation sites (tertiary alicyclic amines) is 1. The molecule has 4 heterocycles. The number of thiophene rings is 1. The third kappa shape index (κ3) is 3.79. The van der Waals surface area contributed by atoms with E-state index in [0.29, 0.717) is 18.7 Å². The summed E-state index contributed by atoms with van der Waals surface area (Å²) in [5, 5.41) is 9.49. The van der Waals surface area contributed by atoms with Gasteiger partial charge in [-0.2, -0.15) is 5.10 Å². The lowest BCUT2D eigenvalue weighted by atomic mass is 10.0. The Morgan fingerprint density at radius 1 is 1.13 bits per heavy atom. The molecule has 1 fully saturated rings. The van der Waals surface area contributed by atoms with Gasteiger partial charge in [-0.25, -0.2) is 4.68 Å². The van der Waals surface area contributed by atoms with E-state index < -0.39 is 0 Å². The van der Waals surface area contributed by atoms with Crippen LogP contribution in [0.25, 0.3) is 10.6 Å². The standard InChI is InChI=1S/C23H22N4O3S/c28-21-10-9-18(20-8-4-12-31-20)25-27(21)15-5-3-11-26(14-15)22(29)13-19-16-6-1-2-7-17(16)23(30)24-19/h1-2,4,6-10,12,15,19H,3,5,11,13-14H2,(H,24,30)/t15-,19-/m1/s1. The molecule has 2 atom stereocenters. The van der Waals surface area contributed by atoms with E-state index in [2.05, 4.69) is 10.4 Å². The van der Waals surface area contributed by atoms with Crippen molar-refractivity contribution in [2.45, 2.75) is 31.3 Å². The molecule has 8 heteroatoms. The lowest BCUT2D eigenvalue weighted by Gasteiger charge is -2.33. The maximum Gasteiger partial charge on any atom is 0.267 e. The zero-order chi connectivity index (χ0) is 21.4. The first-order chi connectivity index (χ1) is 15.1. The van der Waals surface area contributed by atoms with Crippen LogP contribution < -0.4 is 10.9 Å². The number of benzene rings is 1. The van der Waals surface area contributed by atoms with Gasteiger partial charge < -0.3 is 10.2 Å². The van der Waals surface area contributed by atoms with E-state index in [4.69, 9.17) is 0 Å². The minimum absolute atomic E-state index is 0.0193. The topological polar surface area (TPSA) is 84.3 Å². The Morgan fingerprint density at radius 2 is 2.00 bits per heavy atom. The number of nitrogens with zero attached hydrogens (tertiary/aromatic N) is 3. The van der Waals surface area contributed by atoms with E-state index in [9.17, 15) is 14.4 Å². The molecule has 2 aliphatic heterocycles. The average molecular weight is 435 g/mol. The molecule has 1 N–H and O–H groups in total. The average Bonchev–Trinajstić information content (AvgIpc) is 3.43. The summed E-state index contributed by atoms with van der Waals surface area (Å²) in [6.45, 7) is 1.10. The maximum absolute atomic E-state index is 13.1. The number of aromatic nitrogens is 2. The number of rotatable bonds is 4. The second-order valence-electron chi connectivity index (χ2n) is 7.93. The first-order valence-electron chi connectivity index (χ1n) is 10.4. The van der Waals surface area contributed by atoms with Crippen molar-refractivity contribution in [3.05, 3.63) is 75.4 Å². The number of fused-ring (bicyclic) bond motifs is 1. The van der Waals surface area contributed by atoms with Crippen molar-refractivity contribution in [3.63, 3.8) is 0 Å². The van der Waals surface area contributed by atoms with Crippen LogP contribution in [-0.4, -0.2) is 39.6 Å². The zero-order valence-corrected chi connectivity index (χ0v) is 17.7. The SMILES string of the molecule is O=C1N[C@H](CC(=O)N2CCC[C@@H](n3nc(-c4cccs4)ccc3=O)C2)c2ccccc21. The van der Waals surface area contributed by atoms with Gasteiger partial charge in [0.25, 0.3) is 11.5 Å². The normalized spacial score (nSPS) is 20.4. The van der Waals surface area contributed by atoms with Crippen molar-refractivity contribution in [1.82, 2.24) is 20.0 Å². The maximum atomic E-state index is 13.1. The Morgan fingerprint density at radius 3 is 2.84 bits per heavy atom. The van der Waals surface area contributed by atoms with Crippen molar-refractivity contribution in [3.8, 4) is 10.6 Å². The van der Waals surface area contributed by atoms with E-state index in [0.717, 1.165) is 29.0 Å². The summed E-state index contributed by atoms with van der Waals surface area (Å²) in [5.74, 6) is -0.153. The number of hydrogen-bond donors (Lipinski definition) is 1. The zero-order valence-electron chi connectivity index (χ0n) is 16.9. The minimum atomic E-state index is -0.306. The van der Waals surface area contributed by atoms with Crippen molar-refractivity contribution < 1.29 is 9.59 Å². The monoisotopic (exact) mass is 434 g/mol. The van der Waals surface area contributed by atoms with E-state index >= 15 is 0 Å². The Balaban J connectivity index is 1.32. The number of carbonyl (C=O) groups is 2. The van der Waals surface area contributed by atoms with Gasteiger partial charge in [-0.15, -0.1) is 11.3 Å². The van der Waals surface area contributed by atoms with Crippen LogP contribution in [0.2, 0.25) is 0 Å². The quantitative estimate of drug-likeness (QED) is 0.684. The van der Waals surface area contributed by atoms with Gasteiger partial charge in [0.2, 0.25) is 5.91 Å². The highest BCUT2D eigenvalue weighted by atomic mass is 32.1. The van der Waals surface area contributed by atoms with Gasteiger partial charge in [0.1, 0.15) is 5.69 Å². The molecule has 5 rings (SSSR count). The second kappa shape index (κ2) is 8.11. The Hall–Kier alpha value is -3.26. The Bertz CT molecular complexity index is 1190. The lowest BCUT2D eigenvalue weighted by molar-refractivity contribution is -0.133. The molecule has 0 saturated carbocycles. The van der Waals surface area contributed by atoms with Crippen LogP contribution >= 0.6 is 11.3 Å². The molecule has 0 aliphatic carbocycles. The predicted octanol–water partition coefficient (Wildman–Crippen LogP) is 3.01. The molecular weight excluding hydrogens is 412 g/mol. The number of carbonyl (C=O) groups excluding carboxylic acids is 2. The number of amides is 2. The van der Waals surface area contributed by atoms with E-state index in [1.54, 1.807) is 34.4 Å². The highest BCUT2D eigenvalue weighted by molar-refractivity contribution is 7.13. The molecule has 1 aromatic carbocycles. The third-order valence-electron chi connectivity index (χ3n) is 5.96. The summed E-state index contributed by atoms with van der Waals surface area (Å²) in [6.07, 6.45) is 1.82. The van der Waals surface area contributed by atoms with Crippen LogP contribution in [0.4, 0.5) is 0 Å². The Kier molecular flexibility index (Phi) is 5.15. The van der Waals surface area contributed by atoms with Crippen LogP contribution in [-0.2, 0) is 4.79 Å². The molecule has 2 aromatic heterocycles. The minimum Gasteiger partial charge on any atom is -0.345 e. The van der Waals surface area contributed by atoms with Crippen molar-refractivity contribution in [2.24, 2.45) is 0 Å². The number of nitrogens with one attached hydrogen (secondary N) is 1. The highest BCUT2D eigenvalue weighted by Crippen LogP contribution is 2.29. The Labute approximate surface area is 183 Å². The summed E-state index contributed by atoms with van der Waals surface area (Å²) in [4.78, 5) is 40.5. The molecule has 31 heavy (non-hydrogen) atoms. The van der Waals surface area contributed by atoms with Crippen LogP contribution in [0.3, 0.4) is 0 Å². The van der Waals surface area contributed by atoms with Gasteiger partial charge in [0.15, 0.2) is 0 Å². The molecule has 0 spiro atoms. The fourth-order valence-electron chi connectivity index (χ4n) is 4.41. The van der Waals surface area contributed by atoms with E-state index in [-0.39, 0.29) is 35.9 Å². The second-order valence-corrected chi connectivity index (χ2v) is 8.88. The first kappa shape index (κ1) is 19.7.